The van der Waals surface area contributed by atoms with E-state index in [1.807, 2.05) is 19.1 Å². The van der Waals surface area contributed by atoms with Gasteiger partial charge in [0.2, 0.25) is 0 Å². The molecular formula is C13H13F2N3. The third-order valence-electron chi connectivity index (χ3n) is 2.60. The van der Waals surface area contributed by atoms with Crippen LogP contribution in [0.3, 0.4) is 0 Å². The van der Waals surface area contributed by atoms with Crippen molar-refractivity contribution >= 4 is 5.82 Å². The van der Waals surface area contributed by atoms with Crippen LogP contribution in [-0.2, 0) is 13.0 Å². The van der Waals surface area contributed by atoms with E-state index in [-0.39, 0.29) is 5.82 Å². The second-order valence-electron chi connectivity index (χ2n) is 3.80. The van der Waals surface area contributed by atoms with Gasteiger partial charge in [-0.2, -0.15) is 0 Å². The lowest BCUT2D eigenvalue weighted by atomic mass is 10.1. The minimum absolute atomic E-state index is 0.0316. The van der Waals surface area contributed by atoms with Gasteiger partial charge < -0.3 is 5.32 Å². The SMILES string of the molecule is CCc1cccnc1CNc1ncc(F)cc1F. The van der Waals surface area contributed by atoms with Crippen LogP contribution in [0.1, 0.15) is 18.2 Å². The summed E-state index contributed by atoms with van der Waals surface area (Å²) in [7, 11) is 0. The van der Waals surface area contributed by atoms with Crippen LogP contribution in [0, 0.1) is 11.6 Å². The predicted molar refractivity (Wildman–Crippen MR) is 65.1 cm³/mol. The van der Waals surface area contributed by atoms with E-state index in [1.165, 1.54) is 0 Å². The van der Waals surface area contributed by atoms with Gasteiger partial charge in [-0.3, -0.25) is 4.98 Å². The van der Waals surface area contributed by atoms with E-state index < -0.39 is 11.6 Å². The smallest absolute Gasteiger partial charge is 0.168 e. The normalized spacial score (nSPS) is 10.4. The number of hydrogen-bond donors (Lipinski definition) is 1. The molecule has 2 aromatic heterocycles. The van der Waals surface area contributed by atoms with E-state index >= 15 is 0 Å². The highest BCUT2D eigenvalue weighted by atomic mass is 19.1. The Morgan fingerprint density at radius 3 is 2.83 bits per heavy atom. The number of anilines is 1. The molecule has 18 heavy (non-hydrogen) atoms. The molecule has 2 rings (SSSR count). The van der Waals surface area contributed by atoms with Crippen LogP contribution in [0.25, 0.3) is 0 Å². The van der Waals surface area contributed by atoms with Gasteiger partial charge >= 0.3 is 0 Å². The van der Waals surface area contributed by atoms with Gasteiger partial charge in [0.15, 0.2) is 11.6 Å². The molecule has 0 fully saturated rings. The molecule has 3 nitrogen and oxygen atoms in total. The summed E-state index contributed by atoms with van der Waals surface area (Å²) in [4.78, 5) is 7.88. The minimum Gasteiger partial charge on any atom is -0.362 e. The Balaban J connectivity index is 2.11. The van der Waals surface area contributed by atoms with Crippen molar-refractivity contribution in [2.24, 2.45) is 0 Å². The fraction of sp³-hybridized carbons (Fsp3) is 0.231. The summed E-state index contributed by atoms with van der Waals surface area (Å²) in [6.07, 6.45) is 3.51. The highest BCUT2D eigenvalue weighted by molar-refractivity contribution is 5.37. The lowest BCUT2D eigenvalue weighted by molar-refractivity contribution is 0.575. The maximum absolute atomic E-state index is 13.4. The Morgan fingerprint density at radius 1 is 1.28 bits per heavy atom. The molecule has 5 heteroatoms. The van der Waals surface area contributed by atoms with Crippen LogP contribution in [-0.4, -0.2) is 9.97 Å². The molecule has 0 saturated carbocycles. The van der Waals surface area contributed by atoms with Gasteiger partial charge in [0.05, 0.1) is 18.4 Å². The van der Waals surface area contributed by atoms with Gasteiger partial charge in [-0.05, 0) is 18.1 Å². The minimum atomic E-state index is -0.705. The second kappa shape index (κ2) is 5.53. The summed E-state index contributed by atoms with van der Waals surface area (Å²) in [5, 5.41) is 2.82. The number of rotatable bonds is 4. The van der Waals surface area contributed by atoms with Gasteiger partial charge in [0.25, 0.3) is 0 Å². The fourth-order valence-electron chi connectivity index (χ4n) is 1.66. The Morgan fingerprint density at radius 2 is 2.11 bits per heavy atom. The standard InChI is InChI=1S/C13H13F2N3/c1-2-9-4-3-5-16-12(9)8-18-13-11(15)6-10(14)7-17-13/h3-7H,2,8H2,1H3,(H,17,18). The van der Waals surface area contributed by atoms with Gasteiger partial charge in [0, 0.05) is 12.3 Å². The Bertz CT molecular complexity index is 544. The van der Waals surface area contributed by atoms with E-state index in [0.29, 0.717) is 6.54 Å². The lowest BCUT2D eigenvalue weighted by Gasteiger charge is -2.09. The summed E-state index contributed by atoms with van der Waals surface area (Å²) in [5.41, 5.74) is 1.93. The number of nitrogens with one attached hydrogen (secondary N) is 1. The molecular weight excluding hydrogens is 236 g/mol. The van der Waals surface area contributed by atoms with Crippen molar-refractivity contribution in [1.29, 1.82) is 0 Å². The largest absolute Gasteiger partial charge is 0.362 e. The van der Waals surface area contributed by atoms with Crippen molar-refractivity contribution in [2.75, 3.05) is 5.32 Å². The van der Waals surface area contributed by atoms with Crippen LogP contribution < -0.4 is 5.32 Å². The highest BCUT2D eigenvalue weighted by Gasteiger charge is 2.06. The highest BCUT2D eigenvalue weighted by Crippen LogP contribution is 2.13. The second-order valence-corrected chi connectivity index (χ2v) is 3.80. The Hall–Kier alpha value is -2.04. The molecule has 0 aliphatic carbocycles. The molecule has 0 unspecified atom stereocenters. The number of pyridine rings is 2. The first kappa shape index (κ1) is 12.4. The Kier molecular flexibility index (Phi) is 3.82. The first-order valence-corrected chi connectivity index (χ1v) is 5.68. The molecule has 0 spiro atoms. The third kappa shape index (κ3) is 2.80. The zero-order valence-electron chi connectivity index (χ0n) is 9.95. The first-order chi connectivity index (χ1) is 8.70. The maximum Gasteiger partial charge on any atom is 0.168 e. The van der Waals surface area contributed by atoms with E-state index in [0.717, 1.165) is 29.9 Å². The number of aromatic nitrogens is 2. The molecule has 0 aliphatic rings. The van der Waals surface area contributed by atoms with E-state index in [1.54, 1.807) is 6.20 Å². The maximum atomic E-state index is 13.4. The quantitative estimate of drug-likeness (QED) is 0.905. The van der Waals surface area contributed by atoms with Crippen molar-refractivity contribution in [3.8, 4) is 0 Å². The van der Waals surface area contributed by atoms with Crippen molar-refractivity contribution in [3.05, 3.63) is 53.5 Å². The van der Waals surface area contributed by atoms with E-state index in [4.69, 9.17) is 0 Å². The van der Waals surface area contributed by atoms with Crippen LogP contribution >= 0.6 is 0 Å². The van der Waals surface area contributed by atoms with Crippen molar-refractivity contribution in [3.63, 3.8) is 0 Å². The molecule has 0 saturated heterocycles. The zero-order valence-corrected chi connectivity index (χ0v) is 9.95. The molecule has 0 bridgehead atoms. The third-order valence-corrected chi connectivity index (χ3v) is 2.60. The molecule has 0 atom stereocenters. The van der Waals surface area contributed by atoms with E-state index in [9.17, 15) is 8.78 Å². The molecule has 0 aliphatic heterocycles. The average molecular weight is 249 g/mol. The number of halogens is 2. The summed E-state index contributed by atoms with van der Waals surface area (Å²) in [6.45, 7) is 2.39. The van der Waals surface area contributed by atoms with Gasteiger partial charge in [-0.15, -0.1) is 0 Å². The van der Waals surface area contributed by atoms with Crippen LogP contribution in [0.15, 0.2) is 30.6 Å². The van der Waals surface area contributed by atoms with Gasteiger partial charge in [-0.1, -0.05) is 13.0 Å². The summed E-state index contributed by atoms with van der Waals surface area (Å²) < 4.78 is 26.0. The monoisotopic (exact) mass is 249 g/mol. The Labute approximate surface area is 104 Å². The molecule has 0 aromatic carbocycles. The predicted octanol–water partition coefficient (Wildman–Crippen LogP) is 2.93. The molecule has 0 amide bonds. The fourth-order valence-corrected chi connectivity index (χ4v) is 1.66. The first-order valence-electron chi connectivity index (χ1n) is 5.68. The number of hydrogen-bond acceptors (Lipinski definition) is 3. The van der Waals surface area contributed by atoms with Crippen molar-refractivity contribution in [1.82, 2.24) is 9.97 Å². The van der Waals surface area contributed by atoms with Crippen molar-refractivity contribution in [2.45, 2.75) is 19.9 Å². The lowest BCUT2D eigenvalue weighted by Crippen LogP contribution is -2.07. The molecule has 1 N–H and O–H groups in total. The number of nitrogens with zero attached hydrogens (tertiary/aromatic N) is 2. The van der Waals surface area contributed by atoms with Crippen LogP contribution in [0.4, 0.5) is 14.6 Å². The van der Waals surface area contributed by atoms with E-state index in [2.05, 4.69) is 15.3 Å². The summed E-state index contributed by atoms with van der Waals surface area (Å²) in [5.74, 6) is -1.36. The topological polar surface area (TPSA) is 37.8 Å². The summed E-state index contributed by atoms with van der Waals surface area (Å²) >= 11 is 0. The molecule has 2 aromatic rings. The molecule has 0 radical (unpaired) electrons. The van der Waals surface area contributed by atoms with Crippen LogP contribution in [0.5, 0.6) is 0 Å². The van der Waals surface area contributed by atoms with Gasteiger partial charge in [-0.25, -0.2) is 13.8 Å². The molecule has 94 valence electrons. The molecule has 2 heterocycles. The zero-order chi connectivity index (χ0) is 13.0. The average Bonchev–Trinajstić information content (AvgIpc) is 2.38. The van der Waals surface area contributed by atoms with Crippen molar-refractivity contribution < 1.29 is 8.78 Å². The number of aryl methyl sites for hydroxylation is 1. The van der Waals surface area contributed by atoms with Gasteiger partial charge in [0.1, 0.15) is 5.82 Å². The summed E-state index contributed by atoms with van der Waals surface area (Å²) in [6, 6.07) is 4.63. The van der Waals surface area contributed by atoms with Crippen LogP contribution in [0.2, 0.25) is 0 Å².